The summed E-state index contributed by atoms with van der Waals surface area (Å²) in [7, 11) is 0. The molecule has 4 nitrogen and oxygen atoms in total. The van der Waals surface area contributed by atoms with Gasteiger partial charge in [-0.2, -0.15) is 5.10 Å². The molecule has 0 spiro atoms. The fraction of sp³-hybridized carbons (Fsp3) is 0.133. The predicted molar refractivity (Wildman–Crippen MR) is 74.5 cm³/mol. The summed E-state index contributed by atoms with van der Waals surface area (Å²) >= 11 is 0. The fourth-order valence-corrected chi connectivity index (χ4v) is 2.21. The van der Waals surface area contributed by atoms with E-state index >= 15 is 0 Å². The number of aromatic amines is 1. The lowest BCUT2D eigenvalue weighted by Crippen LogP contribution is -1.87. The topological polar surface area (TPSA) is 54.5 Å². The molecule has 0 aliphatic carbocycles. The van der Waals surface area contributed by atoms with Gasteiger partial charge in [-0.25, -0.2) is 9.97 Å². The summed E-state index contributed by atoms with van der Waals surface area (Å²) in [4.78, 5) is 8.16. The highest BCUT2D eigenvalue weighted by atomic mass is 15.1. The lowest BCUT2D eigenvalue weighted by atomic mass is 10.0. The Labute approximate surface area is 111 Å². The molecule has 0 aliphatic heterocycles. The number of nitrogens with zero attached hydrogens (tertiary/aromatic N) is 3. The minimum Gasteiger partial charge on any atom is -0.282 e. The zero-order valence-electron chi connectivity index (χ0n) is 10.9. The van der Waals surface area contributed by atoms with Crippen LogP contribution in [0.1, 0.15) is 11.3 Å². The molecule has 0 bridgehead atoms. The van der Waals surface area contributed by atoms with E-state index < -0.39 is 0 Å². The van der Waals surface area contributed by atoms with Crippen molar-refractivity contribution in [1.29, 1.82) is 0 Å². The molecule has 0 saturated heterocycles. The molecule has 2 aromatic heterocycles. The third-order valence-corrected chi connectivity index (χ3v) is 3.09. The molecule has 0 saturated carbocycles. The number of hydrogen-bond donors (Lipinski definition) is 1. The summed E-state index contributed by atoms with van der Waals surface area (Å²) in [5.74, 6) is 0. The molecule has 0 aliphatic rings. The Morgan fingerprint density at radius 1 is 1.00 bits per heavy atom. The van der Waals surface area contributed by atoms with E-state index in [9.17, 15) is 0 Å². The third kappa shape index (κ3) is 2.12. The molecule has 3 aromatic rings. The molecule has 0 atom stereocenters. The van der Waals surface area contributed by atoms with Crippen LogP contribution in [0.2, 0.25) is 0 Å². The van der Waals surface area contributed by atoms with E-state index in [0.717, 1.165) is 28.1 Å². The van der Waals surface area contributed by atoms with Gasteiger partial charge in [-0.05, 0) is 19.9 Å². The molecule has 94 valence electrons. The highest BCUT2D eigenvalue weighted by molar-refractivity contribution is 5.81. The Morgan fingerprint density at radius 3 is 2.53 bits per heavy atom. The Hall–Kier alpha value is -2.49. The van der Waals surface area contributed by atoms with Crippen LogP contribution >= 0.6 is 0 Å². The molecular formula is C15H14N4. The Morgan fingerprint density at radius 2 is 1.79 bits per heavy atom. The molecule has 3 rings (SSSR count). The number of benzene rings is 1. The number of aryl methyl sites for hydroxylation is 2. The minimum absolute atomic E-state index is 0.941. The van der Waals surface area contributed by atoms with Crippen LogP contribution in [0.15, 0.2) is 43.0 Å². The standard InChI is InChI=1S/C15H14N4/c1-10-4-3-5-12(6-10)15-14(11(2)18-19-15)13-7-16-9-17-8-13/h3-9H,1-2H3,(H,18,19). The van der Waals surface area contributed by atoms with Gasteiger partial charge in [0.1, 0.15) is 12.0 Å². The van der Waals surface area contributed by atoms with Crippen LogP contribution in [-0.4, -0.2) is 20.2 Å². The Balaban J connectivity index is 2.19. The van der Waals surface area contributed by atoms with E-state index in [-0.39, 0.29) is 0 Å². The normalized spacial score (nSPS) is 10.6. The van der Waals surface area contributed by atoms with Crippen molar-refractivity contribution >= 4 is 0 Å². The van der Waals surface area contributed by atoms with Gasteiger partial charge in [-0.1, -0.05) is 23.8 Å². The Kier molecular flexibility index (Phi) is 2.83. The summed E-state index contributed by atoms with van der Waals surface area (Å²) < 4.78 is 0. The molecule has 19 heavy (non-hydrogen) atoms. The predicted octanol–water partition coefficient (Wildman–Crippen LogP) is 3.15. The van der Waals surface area contributed by atoms with Crippen LogP contribution in [0, 0.1) is 13.8 Å². The van der Waals surface area contributed by atoms with Gasteiger partial charge in [0, 0.05) is 34.8 Å². The summed E-state index contributed by atoms with van der Waals surface area (Å²) in [6.45, 7) is 4.09. The van der Waals surface area contributed by atoms with Gasteiger partial charge in [0.05, 0.1) is 0 Å². The number of nitrogens with one attached hydrogen (secondary N) is 1. The monoisotopic (exact) mass is 250 g/mol. The molecule has 1 aromatic carbocycles. The van der Waals surface area contributed by atoms with Crippen molar-refractivity contribution in [3.63, 3.8) is 0 Å². The van der Waals surface area contributed by atoms with E-state index in [1.807, 2.05) is 25.4 Å². The lowest BCUT2D eigenvalue weighted by molar-refractivity contribution is 1.05. The molecule has 2 heterocycles. The number of hydrogen-bond acceptors (Lipinski definition) is 3. The minimum atomic E-state index is 0.941. The molecule has 0 amide bonds. The molecule has 1 N–H and O–H groups in total. The summed E-state index contributed by atoms with van der Waals surface area (Å²) in [5, 5.41) is 7.47. The number of rotatable bonds is 2. The van der Waals surface area contributed by atoms with Crippen molar-refractivity contribution in [3.05, 3.63) is 54.2 Å². The van der Waals surface area contributed by atoms with E-state index in [2.05, 4.69) is 45.3 Å². The van der Waals surface area contributed by atoms with E-state index in [1.54, 1.807) is 0 Å². The van der Waals surface area contributed by atoms with Crippen LogP contribution in [0.4, 0.5) is 0 Å². The first-order valence-corrected chi connectivity index (χ1v) is 6.13. The third-order valence-electron chi connectivity index (χ3n) is 3.09. The van der Waals surface area contributed by atoms with Crippen molar-refractivity contribution in [2.45, 2.75) is 13.8 Å². The zero-order valence-corrected chi connectivity index (χ0v) is 10.9. The van der Waals surface area contributed by atoms with Crippen molar-refractivity contribution < 1.29 is 0 Å². The maximum atomic E-state index is 4.42. The van der Waals surface area contributed by atoms with E-state index in [4.69, 9.17) is 0 Å². The summed E-state index contributed by atoms with van der Waals surface area (Å²) in [6.07, 6.45) is 5.15. The first-order valence-electron chi connectivity index (χ1n) is 6.13. The first kappa shape index (κ1) is 11.6. The second-order valence-corrected chi connectivity index (χ2v) is 4.57. The van der Waals surface area contributed by atoms with Gasteiger partial charge in [0.15, 0.2) is 0 Å². The number of H-pyrrole nitrogens is 1. The van der Waals surface area contributed by atoms with Crippen molar-refractivity contribution in [2.24, 2.45) is 0 Å². The van der Waals surface area contributed by atoms with Gasteiger partial charge in [-0.15, -0.1) is 0 Å². The maximum Gasteiger partial charge on any atom is 0.115 e. The van der Waals surface area contributed by atoms with Crippen LogP contribution in [0.25, 0.3) is 22.4 Å². The SMILES string of the molecule is Cc1cccc(-c2n[nH]c(C)c2-c2cncnc2)c1. The molecule has 0 fully saturated rings. The lowest BCUT2D eigenvalue weighted by Gasteiger charge is -2.04. The first-order chi connectivity index (χ1) is 9.25. The van der Waals surface area contributed by atoms with Crippen LogP contribution in [0.5, 0.6) is 0 Å². The van der Waals surface area contributed by atoms with Gasteiger partial charge in [-0.3, -0.25) is 5.10 Å². The fourth-order valence-electron chi connectivity index (χ4n) is 2.21. The summed E-state index contributed by atoms with van der Waals surface area (Å²) in [6, 6.07) is 8.31. The van der Waals surface area contributed by atoms with Gasteiger partial charge in [0.2, 0.25) is 0 Å². The Bertz CT molecular complexity index is 701. The van der Waals surface area contributed by atoms with Crippen LogP contribution < -0.4 is 0 Å². The molecule has 4 heteroatoms. The zero-order chi connectivity index (χ0) is 13.2. The number of aromatic nitrogens is 4. The largest absolute Gasteiger partial charge is 0.282 e. The quantitative estimate of drug-likeness (QED) is 0.760. The van der Waals surface area contributed by atoms with Crippen LogP contribution in [-0.2, 0) is 0 Å². The van der Waals surface area contributed by atoms with E-state index in [0.29, 0.717) is 0 Å². The van der Waals surface area contributed by atoms with Gasteiger partial charge in [0.25, 0.3) is 0 Å². The molecule has 0 unspecified atom stereocenters. The van der Waals surface area contributed by atoms with E-state index in [1.165, 1.54) is 11.9 Å². The average Bonchev–Trinajstić information content (AvgIpc) is 2.82. The summed E-state index contributed by atoms with van der Waals surface area (Å²) in [5.41, 5.74) is 6.32. The molecule has 0 radical (unpaired) electrons. The second kappa shape index (κ2) is 4.65. The average molecular weight is 250 g/mol. The highest BCUT2D eigenvalue weighted by Crippen LogP contribution is 2.32. The van der Waals surface area contributed by atoms with Gasteiger partial charge < -0.3 is 0 Å². The van der Waals surface area contributed by atoms with Gasteiger partial charge >= 0.3 is 0 Å². The molecular weight excluding hydrogens is 236 g/mol. The van der Waals surface area contributed by atoms with Crippen molar-refractivity contribution in [2.75, 3.05) is 0 Å². The second-order valence-electron chi connectivity index (χ2n) is 4.57. The highest BCUT2D eigenvalue weighted by Gasteiger charge is 2.14. The maximum absolute atomic E-state index is 4.42. The van der Waals surface area contributed by atoms with Crippen molar-refractivity contribution in [1.82, 2.24) is 20.2 Å². The smallest absolute Gasteiger partial charge is 0.115 e. The van der Waals surface area contributed by atoms with Crippen molar-refractivity contribution in [3.8, 4) is 22.4 Å². The van der Waals surface area contributed by atoms with Crippen LogP contribution in [0.3, 0.4) is 0 Å².